The Bertz CT molecular complexity index is 1130. The molecule has 2 atom stereocenters. The van der Waals surface area contributed by atoms with Crippen molar-refractivity contribution >= 4 is 40.4 Å². The van der Waals surface area contributed by atoms with Gasteiger partial charge in [-0.15, -0.1) is 0 Å². The third-order valence-corrected chi connectivity index (χ3v) is 8.30. The quantitative estimate of drug-likeness (QED) is 0.368. The molecule has 2 aromatic carbocycles. The van der Waals surface area contributed by atoms with E-state index < -0.39 is 0 Å². The Morgan fingerprint density at radius 1 is 1.00 bits per heavy atom. The predicted molar refractivity (Wildman–Crippen MR) is 147 cm³/mol. The first-order chi connectivity index (χ1) is 16.9. The normalized spacial score (nSPS) is 21.9. The lowest BCUT2D eigenvalue weighted by molar-refractivity contribution is 0.0569. The number of hydrogen-bond donors (Lipinski definition) is 0. The van der Waals surface area contributed by atoms with Crippen LogP contribution in [0.1, 0.15) is 42.1 Å². The SMILES string of the molecule is C[C@@H]1CN(C2CCN(C)CC2)CC[C@@H]1Cc1ccc(Cl)c(Cl)c1.O=Cc1ccc2ncccc2c1. The molecule has 0 bridgehead atoms. The number of fused-ring (bicyclic) bond motifs is 1. The molecule has 2 fully saturated rings. The van der Waals surface area contributed by atoms with Crippen molar-refractivity contribution in [3.05, 3.63) is 75.9 Å². The van der Waals surface area contributed by atoms with Crippen LogP contribution in [0.25, 0.3) is 10.9 Å². The van der Waals surface area contributed by atoms with Crippen molar-refractivity contribution in [2.75, 3.05) is 33.2 Å². The van der Waals surface area contributed by atoms with Crippen molar-refractivity contribution in [2.24, 2.45) is 11.8 Å². The molecular weight excluding hydrogens is 477 g/mol. The molecule has 2 aliphatic heterocycles. The summed E-state index contributed by atoms with van der Waals surface area (Å²) in [7, 11) is 2.24. The average molecular weight is 513 g/mol. The van der Waals surface area contributed by atoms with Crippen molar-refractivity contribution in [3.8, 4) is 0 Å². The molecule has 2 saturated heterocycles. The summed E-state index contributed by atoms with van der Waals surface area (Å²) in [5.74, 6) is 1.51. The predicted octanol–water partition coefficient (Wildman–Crippen LogP) is 6.64. The molecule has 2 aliphatic rings. The maximum Gasteiger partial charge on any atom is 0.150 e. The van der Waals surface area contributed by atoms with Crippen molar-refractivity contribution in [2.45, 2.75) is 38.6 Å². The first-order valence-electron chi connectivity index (χ1n) is 12.6. The van der Waals surface area contributed by atoms with Gasteiger partial charge in [-0.05, 0) is 106 Å². The van der Waals surface area contributed by atoms with E-state index in [0.717, 1.165) is 41.5 Å². The summed E-state index contributed by atoms with van der Waals surface area (Å²) in [4.78, 5) is 19.8. The van der Waals surface area contributed by atoms with Crippen LogP contribution in [0.2, 0.25) is 10.0 Å². The molecule has 5 rings (SSSR count). The smallest absolute Gasteiger partial charge is 0.150 e. The lowest BCUT2D eigenvalue weighted by Gasteiger charge is -2.43. The van der Waals surface area contributed by atoms with E-state index in [9.17, 15) is 4.79 Å². The monoisotopic (exact) mass is 511 g/mol. The van der Waals surface area contributed by atoms with Gasteiger partial charge in [-0.1, -0.05) is 42.3 Å². The number of rotatable bonds is 4. The van der Waals surface area contributed by atoms with Crippen LogP contribution in [0.4, 0.5) is 0 Å². The third kappa shape index (κ3) is 7.04. The van der Waals surface area contributed by atoms with Crippen LogP contribution in [-0.2, 0) is 6.42 Å². The van der Waals surface area contributed by atoms with Crippen LogP contribution < -0.4 is 0 Å². The number of piperidine rings is 2. The minimum Gasteiger partial charge on any atom is -0.306 e. The van der Waals surface area contributed by atoms with Gasteiger partial charge in [-0.25, -0.2) is 0 Å². The van der Waals surface area contributed by atoms with Gasteiger partial charge in [-0.2, -0.15) is 0 Å². The molecule has 4 nitrogen and oxygen atoms in total. The van der Waals surface area contributed by atoms with Crippen molar-refractivity contribution < 1.29 is 4.79 Å². The van der Waals surface area contributed by atoms with Gasteiger partial charge in [0.15, 0.2) is 0 Å². The maximum absolute atomic E-state index is 10.4. The molecule has 0 unspecified atom stereocenters. The van der Waals surface area contributed by atoms with E-state index in [1.54, 1.807) is 12.3 Å². The molecule has 0 amide bonds. The highest BCUT2D eigenvalue weighted by molar-refractivity contribution is 6.42. The highest BCUT2D eigenvalue weighted by Crippen LogP contribution is 2.31. The zero-order chi connectivity index (χ0) is 24.8. The molecule has 0 spiro atoms. The summed E-state index contributed by atoms with van der Waals surface area (Å²) in [5.41, 5.74) is 2.93. The number of aromatic nitrogens is 1. The number of likely N-dealkylation sites (tertiary alicyclic amines) is 2. The first kappa shape index (κ1) is 26.1. The van der Waals surface area contributed by atoms with Gasteiger partial charge in [0.1, 0.15) is 6.29 Å². The molecule has 0 radical (unpaired) electrons. The van der Waals surface area contributed by atoms with Crippen LogP contribution in [0, 0.1) is 11.8 Å². The van der Waals surface area contributed by atoms with Gasteiger partial charge in [0.05, 0.1) is 15.6 Å². The topological polar surface area (TPSA) is 36.4 Å². The second-order valence-corrected chi connectivity index (χ2v) is 10.9. The average Bonchev–Trinajstić information content (AvgIpc) is 2.88. The van der Waals surface area contributed by atoms with Gasteiger partial charge in [0.25, 0.3) is 0 Å². The number of halogens is 2. The summed E-state index contributed by atoms with van der Waals surface area (Å²) < 4.78 is 0. The Morgan fingerprint density at radius 2 is 1.80 bits per heavy atom. The molecule has 1 aromatic heterocycles. The number of carbonyl (C=O) groups excluding carboxylic acids is 1. The lowest BCUT2D eigenvalue weighted by atomic mass is 9.81. The van der Waals surface area contributed by atoms with E-state index in [-0.39, 0.29) is 0 Å². The van der Waals surface area contributed by atoms with E-state index in [4.69, 9.17) is 23.2 Å². The largest absolute Gasteiger partial charge is 0.306 e. The number of nitrogens with zero attached hydrogens (tertiary/aromatic N) is 3. The molecule has 35 heavy (non-hydrogen) atoms. The molecule has 0 aliphatic carbocycles. The van der Waals surface area contributed by atoms with Crippen LogP contribution in [0.15, 0.2) is 54.7 Å². The molecule has 0 saturated carbocycles. The Hall–Kier alpha value is -1.98. The maximum atomic E-state index is 10.4. The number of carbonyl (C=O) groups is 1. The molecule has 6 heteroatoms. The zero-order valence-electron chi connectivity index (χ0n) is 20.7. The summed E-state index contributed by atoms with van der Waals surface area (Å²) in [6.45, 7) is 7.43. The fraction of sp³-hybridized carbons (Fsp3) is 0.448. The summed E-state index contributed by atoms with van der Waals surface area (Å²) in [6.07, 6.45) is 7.67. The van der Waals surface area contributed by atoms with E-state index >= 15 is 0 Å². The van der Waals surface area contributed by atoms with Crippen molar-refractivity contribution in [1.29, 1.82) is 0 Å². The Labute approximate surface area is 219 Å². The van der Waals surface area contributed by atoms with Crippen molar-refractivity contribution in [1.82, 2.24) is 14.8 Å². The van der Waals surface area contributed by atoms with Gasteiger partial charge >= 0.3 is 0 Å². The summed E-state index contributed by atoms with van der Waals surface area (Å²) in [6, 6.07) is 16.1. The number of benzene rings is 2. The van der Waals surface area contributed by atoms with Gasteiger partial charge in [0, 0.05) is 29.7 Å². The van der Waals surface area contributed by atoms with Crippen LogP contribution in [0.5, 0.6) is 0 Å². The Kier molecular flexibility index (Phi) is 9.18. The number of aldehydes is 1. The van der Waals surface area contributed by atoms with Crippen LogP contribution in [0.3, 0.4) is 0 Å². The van der Waals surface area contributed by atoms with Gasteiger partial charge in [-0.3, -0.25) is 9.78 Å². The fourth-order valence-corrected chi connectivity index (χ4v) is 5.68. The zero-order valence-corrected chi connectivity index (χ0v) is 22.2. The molecular formula is C29H35Cl2N3O. The third-order valence-electron chi connectivity index (χ3n) is 7.56. The second kappa shape index (κ2) is 12.3. The fourth-order valence-electron chi connectivity index (χ4n) is 5.36. The van der Waals surface area contributed by atoms with E-state index in [1.807, 2.05) is 36.4 Å². The molecule has 3 heterocycles. The highest BCUT2D eigenvalue weighted by atomic mass is 35.5. The summed E-state index contributed by atoms with van der Waals surface area (Å²) in [5, 5.41) is 2.34. The van der Waals surface area contributed by atoms with E-state index in [2.05, 4.69) is 34.8 Å². The van der Waals surface area contributed by atoms with Gasteiger partial charge < -0.3 is 9.80 Å². The summed E-state index contributed by atoms with van der Waals surface area (Å²) >= 11 is 12.2. The Morgan fingerprint density at radius 3 is 2.51 bits per heavy atom. The number of hydrogen-bond acceptors (Lipinski definition) is 4. The van der Waals surface area contributed by atoms with E-state index in [0.29, 0.717) is 15.6 Å². The highest BCUT2D eigenvalue weighted by Gasteiger charge is 2.31. The van der Waals surface area contributed by atoms with E-state index in [1.165, 1.54) is 51.0 Å². The minimum atomic E-state index is 0.653. The van der Waals surface area contributed by atoms with Crippen LogP contribution >= 0.6 is 23.2 Å². The Balaban J connectivity index is 0.000000201. The molecule has 0 N–H and O–H groups in total. The minimum absolute atomic E-state index is 0.653. The van der Waals surface area contributed by atoms with Gasteiger partial charge in [0.2, 0.25) is 0 Å². The standard InChI is InChI=1S/C19H28Cl2N2.C10H7NO/c1-14-13-23(17-6-8-22(2)9-7-17)10-5-16(14)11-15-3-4-18(20)19(21)12-15;12-7-8-3-4-10-9(6-8)2-1-5-11-10/h3-4,12,14,16-17H,5-11,13H2,1-2H3;1-7H/t14-,16-;/m1./s1. The number of pyridine rings is 1. The second-order valence-electron chi connectivity index (χ2n) is 10.1. The first-order valence-corrected chi connectivity index (χ1v) is 13.3. The molecule has 186 valence electrons. The van der Waals surface area contributed by atoms with Crippen molar-refractivity contribution in [3.63, 3.8) is 0 Å². The lowest BCUT2D eigenvalue weighted by Crippen LogP contribution is -2.49. The molecule has 3 aromatic rings. The van der Waals surface area contributed by atoms with Crippen LogP contribution in [-0.4, -0.2) is 60.3 Å².